The number of para-hydroxylation sites is 1. The number of rotatable bonds is 6. The molecule has 0 amide bonds. The smallest absolute Gasteiger partial charge is 0.422 e. The van der Waals surface area contributed by atoms with Gasteiger partial charge in [0.15, 0.2) is 17.2 Å². The molecule has 0 radical (unpaired) electrons. The van der Waals surface area contributed by atoms with E-state index in [9.17, 15) is 27.1 Å². The van der Waals surface area contributed by atoms with Gasteiger partial charge in [-0.15, -0.1) is 0 Å². The molecule has 176 valence electrons. The Hall–Kier alpha value is -3.14. The summed E-state index contributed by atoms with van der Waals surface area (Å²) in [6.45, 7) is 4.17. The van der Waals surface area contributed by atoms with E-state index < -0.39 is 35.2 Å². The summed E-state index contributed by atoms with van der Waals surface area (Å²) in [6, 6.07) is 5.93. The van der Waals surface area contributed by atoms with Gasteiger partial charge in [0, 0.05) is 41.4 Å². The molecule has 1 aromatic heterocycles. The SMILES string of the molecule is COc1c(F)cccc1C(C)C(C)C(O)(/C=N\c1cc(F)cc2nc(C)ncc12)C(F)(F)F. The number of aromatic nitrogens is 2. The molecule has 0 aliphatic heterocycles. The molecule has 0 aliphatic carbocycles. The number of hydrogen-bond acceptors (Lipinski definition) is 5. The Morgan fingerprint density at radius 1 is 1.15 bits per heavy atom. The van der Waals surface area contributed by atoms with E-state index in [2.05, 4.69) is 15.0 Å². The van der Waals surface area contributed by atoms with Gasteiger partial charge in [-0.2, -0.15) is 13.2 Å². The van der Waals surface area contributed by atoms with Crippen LogP contribution in [0.5, 0.6) is 5.75 Å². The zero-order valence-electron chi connectivity index (χ0n) is 18.3. The van der Waals surface area contributed by atoms with Gasteiger partial charge in [-0.3, -0.25) is 4.99 Å². The first-order chi connectivity index (χ1) is 15.4. The van der Waals surface area contributed by atoms with Crippen molar-refractivity contribution in [3.63, 3.8) is 0 Å². The Bertz CT molecular complexity index is 1190. The summed E-state index contributed by atoms with van der Waals surface area (Å²) in [6.07, 6.45) is -3.48. The van der Waals surface area contributed by atoms with Crippen LogP contribution in [-0.4, -0.2) is 40.2 Å². The highest BCUT2D eigenvalue weighted by atomic mass is 19.4. The molecule has 3 rings (SSSR count). The van der Waals surface area contributed by atoms with E-state index >= 15 is 0 Å². The van der Waals surface area contributed by atoms with Gasteiger partial charge in [-0.05, 0) is 18.9 Å². The number of aliphatic hydroxyl groups is 1. The van der Waals surface area contributed by atoms with E-state index in [1.54, 1.807) is 6.92 Å². The molecule has 0 aliphatic rings. The Kier molecular flexibility index (Phi) is 6.69. The van der Waals surface area contributed by atoms with Crippen molar-refractivity contribution >= 4 is 22.8 Å². The Balaban J connectivity index is 2.09. The lowest BCUT2D eigenvalue weighted by Gasteiger charge is -2.36. The largest absolute Gasteiger partial charge is 0.493 e. The van der Waals surface area contributed by atoms with E-state index in [0.717, 1.165) is 18.2 Å². The third-order valence-electron chi connectivity index (χ3n) is 5.75. The van der Waals surface area contributed by atoms with Crippen molar-refractivity contribution in [2.24, 2.45) is 10.9 Å². The van der Waals surface area contributed by atoms with E-state index in [1.165, 1.54) is 39.3 Å². The molecular formula is C23H22F5N3O2. The van der Waals surface area contributed by atoms with Crippen molar-refractivity contribution in [1.82, 2.24) is 9.97 Å². The van der Waals surface area contributed by atoms with Crippen LogP contribution in [0, 0.1) is 24.5 Å². The third-order valence-corrected chi connectivity index (χ3v) is 5.75. The lowest BCUT2D eigenvalue weighted by molar-refractivity contribution is -0.246. The second-order valence-corrected chi connectivity index (χ2v) is 7.80. The predicted molar refractivity (Wildman–Crippen MR) is 114 cm³/mol. The molecule has 0 bridgehead atoms. The first-order valence-corrected chi connectivity index (χ1v) is 9.98. The van der Waals surface area contributed by atoms with Crippen LogP contribution in [0.1, 0.15) is 31.2 Å². The Morgan fingerprint density at radius 2 is 1.85 bits per heavy atom. The highest BCUT2D eigenvalue weighted by molar-refractivity contribution is 5.91. The number of hydrogen-bond donors (Lipinski definition) is 1. The minimum absolute atomic E-state index is 0.154. The Morgan fingerprint density at radius 3 is 2.48 bits per heavy atom. The van der Waals surface area contributed by atoms with Crippen LogP contribution in [0.4, 0.5) is 27.6 Å². The van der Waals surface area contributed by atoms with Crippen molar-refractivity contribution in [3.05, 3.63) is 59.6 Å². The predicted octanol–water partition coefficient (Wildman–Crippen LogP) is 5.66. The average Bonchev–Trinajstić information content (AvgIpc) is 2.74. The minimum Gasteiger partial charge on any atom is -0.493 e. The number of fused-ring (bicyclic) bond motifs is 1. The van der Waals surface area contributed by atoms with Gasteiger partial charge in [0.1, 0.15) is 11.6 Å². The second kappa shape index (κ2) is 9.01. The van der Waals surface area contributed by atoms with Crippen LogP contribution >= 0.6 is 0 Å². The van der Waals surface area contributed by atoms with Crippen molar-refractivity contribution in [3.8, 4) is 5.75 Å². The van der Waals surface area contributed by atoms with E-state index in [0.29, 0.717) is 12.0 Å². The molecule has 10 heteroatoms. The summed E-state index contributed by atoms with van der Waals surface area (Å²) in [4.78, 5) is 11.8. The zero-order valence-corrected chi connectivity index (χ0v) is 18.3. The topological polar surface area (TPSA) is 67.6 Å². The summed E-state index contributed by atoms with van der Waals surface area (Å²) in [5.41, 5.74) is -3.28. The number of aryl methyl sites for hydroxylation is 1. The van der Waals surface area contributed by atoms with Gasteiger partial charge in [0.2, 0.25) is 0 Å². The number of alkyl halides is 3. The Labute approximate surface area is 187 Å². The van der Waals surface area contributed by atoms with E-state index in [1.807, 2.05) is 0 Å². The molecule has 1 N–H and O–H groups in total. The van der Waals surface area contributed by atoms with Gasteiger partial charge in [-0.1, -0.05) is 26.0 Å². The fourth-order valence-electron chi connectivity index (χ4n) is 3.65. The summed E-state index contributed by atoms with van der Waals surface area (Å²) in [7, 11) is 1.20. The molecule has 0 saturated heterocycles. The highest BCUT2D eigenvalue weighted by Crippen LogP contribution is 2.44. The first kappa shape index (κ1) is 24.5. The maximum Gasteiger partial charge on any atom is 0.422 e. The molecule has 2 aromatic carbocycles. The van der Waals surface area contributed by atoms with Crippen LogP contribution in [-0.2, 0) is 0 Å². The maximum atomic E-state index is 14.1. The van der Waals surface area contributed by atoms with E-state index in [-0.39, 0.29) is 27.9 Å². The maximum absolute atomic E-state index is 14.1. The zero-order chi connectivity index (χ0) is 24.6. The molecule has 5 nitrogen and oxygen atoms in total. The lowest BCUT2D eigenvalue weighted by Crippen LogP contribution is -2.53. The van der Waals surface area contributed by atoms with Crippen LogP contribution in [0.15, 0.2) is 41.5 Å². The van der Waals surface area contributed by atoms with Crippen molar-refractivity contribution in [2.45, 2.75) is 38.5 Å². The summed E-state index contributed by atoms with van der Waals surface area (Å²) < 4.78 is 75.5. The van der Waals surface area contributed by atoms with Gasteiger partial charge in [-0.25, -0.2) is 18.7 Å². The first-order valence-electron chi connectivity index (χ1n) is 9.98. The number of halogens is 5. The normalized spacial score (nSPS) is 16.1. The molecule has 0 saturated carbocycles. The molecule has 3 unspecified atom stereocenters. The second-order valence-electron chi connectivity index (χ2n) is 7.80. The summed E-state index contributed by atoms with van der Waals surface area (Å²) >= 11 is 0. The monoisotopic (exact) mass is 467 g/mol. The van der Waals surface area contributed by atoms with Crippen molar-refractivity contribution in [2.75, 3.05) is 7.11 Å². The molecule has 33 heavy (non-hydrogen) atoms. The number of methoxy groups -OCH3 is 1. The van der Waals surface area contributed by atoms with Gasteiger partial charge < -0.3 is 9.84 Å². The van der Waals surface area contributed by atoms with Crippen LogP contribution < -0.4 is 4.74 Å². The van der Waals surface area contributed by atoms with Gasteiger partial charge in [0.05, 0.1) is 18.3 Å². The quantitative estimate of drug-likeness (QED) is 0.375. The van der Waals surface area contributed by atoms with E-state index in [4.69, 9.17) is 4.74 Å². The van der Waals surface area contributed by atoms with Crippen LogP contribution in [0.2, 0.25) is 0 Å². The van der Waals surface area contributed by atoms with Gasteiger partial charge in [0.25, 0.3) is 0 Å². The third kappa shape index (κ3) is 4.66. The lowest BCUT2D eigenvalue weighted by atomic mass is 9.76. The number of aliphatic imine (C=N–C) groups is 1. The fourth-order valence-corrected chi connectivity index (χ4v) is 3.65. The molecule has 0 fully saturated rings. The molecule has 1 heterocycles. The molecule has 3 aromatic rings. The van der Waals surface area contributed by atoms with Crippen molar-refractivity contribution in [1.29, 1.82) is 0 Å². The summed E-state index contributed by atoms with van der Waals surface area (Å²) in [5.74, 6) is -3.86. The minimum atomic E-state index is -5.14. The molecule has 0 spiro atoms. The standard InChI is InChI=1S/C23H22F5N3O2/c1-12(16-6-5-7-18(25)21(16)33-4)13(2)22(32,23(26,27)28)11-30-19-8-15(24)9-20-17(19)10-29-14(3)31-20/h5-13,32H,1-4H3/b30-11-. The van der Waals surface area contributed by atoms with Crippen LogP contribution in [0.25, 0.3) is 10.9 Å². The van der Waals surface area contributed by atoms with Gasteiger partial charge >= 0.3 is 6.18 Å². The highest BCUT2D eigenvalue weighted by Gasteiger charge is 2.57. The average molecular weight is 467 g/mol. The number of benzene rings is 2. The fraction of sp³-hybridized carbons (Fsp3) is 0.348. The number of ether oxygens (including phenoxy) is 1. The van der Waals surface area contributed by atoms with Crippen LogP contribution in [0.3, 0.4) is 0 Å². The van der Waals surface area contributed by atoms with Crippen molar-refractivity contribution < 1.29 is 31.8 Å². The molecular weight excluding hydrogens is 445 g/mol. The number of nitrogens with zero attached hydrogens (tertiary/aromatic N) is 3. The summed E-state index contributed by atoms with van der Waals surface area (Å²) in [5, 5.41) is 11.0. The molecule has 3 atom stereocenters.